The summed E-state index contributed by atoms with van der Waals surface area (Å²) in [6.07, 6.45) is 7.63. The molecule has 1 atom stereocenters. The Hall–Kier alpha value is -2.22. The third-order valence-electron chi connectivity index (χ3n) is 3.77. The van der Waals surface area contributed by atoms with Crippen LogP contribution in [0.3, 0.4) is 0 Å². The summed E-state index contributed by atoms with van der Waals surface area (Å²) in [7, 11) is 1.78. The maximum Gasteiger partial charge on any atom is 0.260 e. The Labute approximate surface area is 131 Å². The van der Waals surface area contributed by atoms with Gasteiger partial charge in [-0.1, -0.05) is 0 Å². The zero-order chi connectivity index (χ0) is 15.7. The van der Waals surface area contributed by atoms with Crippen LogP contribution in [0.25, 0.3) is 0 Å². The number of thiazole rings is 1. The first-order chi connectivity index (χ1) is 10.6. The second-order valence-electron chi connectivity index (χ2n) is 5.34. The molecule has 0 aromatic carbocycles. The number of nitrogens with zero attached hydrogens (tertiary/aromatic N) is 4. The van der Waals surface area contributed by atoms with Crippen molar-refractivity contribution in [1.29, 1.82) is 0 Å². The number of nitrogens with two attached hydrogens (primary N) is 1. The molecule has 7 nitrogen and oxygen atoms in total. The van der Waals surface area contributed by atoms with E-state index in [1.54, 1.807) is 24.1 Å². The predicted molar refractivity (Wildman–Crippen MR) is 81.5 cm³/mol. The van der Waals surface area contributed by atoms with Crippen LogP contribution in [0.2, 0.25) is 0 Å². The van der Waals surface area contributed by atoms with Crippen molar-refractivity contribution in [3.8, 4) is 0 Å². The van der Waals surface area contributed by atoms with Crippen LogP contribution in [-0.4, -0.2) is 38.0 Å². The number of carbonyl (C=O) groups excluding carboxylic acids is 2. The van der Waals surface area contributed by atoms with Crippen LogP contribution >= 0.6 is 11.3 Å². The number of amides is 2. The summed E-state index contributed by atoms with van der Waals surface area (Å²) in [6.45, 7) is 0.684. The van der Waals surface area contributed by atoms with E-state index in [1.165, 1.54) is 17.5 Å². The van der Waals surface area contributed by atoms with Gasteiger partial charge in [0.1, 0.15) is 9.88 Å². The zero-order valence-corrected chi connectivity index (χ0v) is 13.0. The third-order valence-corrected chi connectivity index (χ3v) is 4.88. The van der Waals surface area contributed by atoms with E-state index in [-0.39, 0.29) is 11.9 Å². The first kappa shape index (κ1) is 14.7. The van der Waals surface area contributed by atoms with Gasteiger partial charge < -0.3 is 10.6 Å². The second kappa shape index (κ2) is 5.88. The van der Waals surface area contributed by atoms with Crippen molar-refractivity contribution in [3.63, 3.8) is 0 Å². The van der Waals surface area contributed by atoms with E-state index in [0.717, 1.165) is 24.3 Å². The Morgan fingerprint density at radius 3 is 2.82 bits per heavy atom. The summed E-state index contributed by atoms with van der Waals surface area (Å²) in [5.74, 6) is -0.529. The van der Waals surface area contributed by atoms with Gasteiger partial charge >= 0.3 is 0 Å². The minimum absolute atomic E-state index is 0.0476. The Morgan fingerprint density at radius 1 is 1.36 bits per heavy atom. The van der Waals surface area contributed by atoms with Crippen LogP contribution in [0.4, 0.5) is 0 Å². The average molecular weight is 319 g/mol. The highest BCUT2D eigenvalue weighted by molar-refractivity contribution is 7.13. The molecule has 0 radical (unpaired) electrons. The van der Waals surface area contributed by atoms with E-state index in [0.29, 0.717) is 17.0 Å². The van der Waals surface area contributed by atoms with Crippen LogP contribution in [-0.2, 0) is 7.05 Å². The maximum absolute atomic E-state index is 12.7. The van der Waals surface area contributed by atoms with Gasteiger partial charge in [0.15, 0.2) is 0 Å². The van der Waals surface area contributed by atoms with Gasteiger partial charge in [0.25, 0.3) is 11.8 Å². The van der Waals surface area contributed by atoms with Gasteiger partial charge in [-0.25, -0.2) is 4.98 Å². The molecule has 3 rings (SSSR count). The number of rotatable bonds is 3. The van der Waals surface area contributed by atoms with E-state index >= 15 is 0 Å². The molecule has 3 heterocycles. The number of primary amides is 1. The molecule has 1 aliphatic heterocycles. The van der Waals surface area contributed by atoms with E-state index < -0.39 is 5.91 Å². The number of aromatic nitrogens is 3. The lowest BCUT2D eigenvalue weighted by molar-refractivity contribution is 0.0611. The third kappa shape index (κ3) is 2.74. The van der Waals surface area contributed by atoms with Crippen molar-refractivity contribution in [1.82, 2.24) is 19.7 Å². The molecule has 2 amide bonds. The van der Waals surface area contributed by atoms with Gasteiger partial charge in [0.05, 0.1) is 24.0 Å². The van der Waals surface area contributed by atoms with Crippen LogP contribution < -0.4 is 5.73 Å². The van der Waals surface area contributed by atoms with E-state index in [9.17, 15) is 9.59 Å². The number of likely N-dealkylation sites (tertiary alicyclic amines) is 1. The summed E-state index contributed by atoms with van der Waals surface area (Å²) in [5, 5.41) is 4.82. The number of piperidine rings is 1. The number of carbonyl (C=O) groups is 2. The summed E-state index contributed by atoms with van der Waals surface area (Å²) in [5.41, 5.74) is 5.86. The number of hydrogen-bond donors (Lipinski definition) is 1. The lowest BCUT2D eigenvalue weighted by Crippen LogP contribution is -2.38. The Balaban J connectivity index is 1.87. The maximum atomic E-state index is 12.7. The second-order valence-corrected chi connectivity index (χ2v) is 6.40. The van der Waals surface area contributed by atoms with Gasteiger partial charge in [-0.3, -0.25) is 14.3 Å². The topological polar surface area (TPSA) is 94.1 Å². The molecule has 1 saturated heterocycles. The highest BCUT2D eigenvalue weighted by atomic mass is 32.1. The van der Waals surface area contributed by atoms with Crippen molar-refractivity contribution < 1.29 is 9.59 Å². The van der Waals surface area contributed by atoms with Crippen LogP contribution in [0.15, 0.2) is 18.6 Å². The molecule has 0 saturated carbocycles. The molecule has 0 bridgehead atoms. The zero-order valence-electron chi connectivity index (χ0n) is 12.2. The Morgan fingerprint density at radius 2 is 2.18 bits per heavy atom. The number of hydrogen-bond acceptors (Lipinski definition) is 5. The molecule has 1 aliphatic rings. The van der Waals surface area contributed by atoms with E-state index in [2.05, 4.69) is 10.1 Å². The largest absolute Gasteiger partial charge is 0.365 e. The molecule has 1 unspecified atom stereocenters. The summed E-state index contributed by atoms with van der Waals surface area (Å²) in [6, 6.07) is -0.0976. The minimum atomic E-state index is -0.482. The van der Waals surface area contributed by atoms with Gasteiger partial charge in [-0.2, -0.15) is 5.10 Å². The average Bonchev–Trinajstić information content (AvgIpc) is 3.15. The summed E-state index contributed by atoms with van der Waals surface area (Å²) >= 11 is 1.27. The van der Waals surface area contributed by atoms with Crippen LogP contribution in [0.5, 0.6) is 0 Å². The fourth-order valence-corrected chi connectivity index (χ4v) is 3.60. The highest BCUT2D eigenvalue weighted by Crippen LogP contribution is 2.34. The van der Waals surface area contributed by atoms with Gasteiger partial charge in [0, 0.05) is 19.8 Å². The van der Waals surface area contributed by atoms with Crippen molar-refractivity contribution in [2.75, 3.05) is 6.54 Å². The van der Waals surface area contributed by atoms with Crippen molar-refractivity contribution >= 4 is 23.2 Å². The minimum Gasteiger partial charge on any atom is -0.365 e. The summed E-state index contributed by atoms with van der Waals surface area (Å²) in [4.78, 5) is 30.5. The molecule has 1 fully saturated rings. The summed E-state index contributed by atoms with van der Waals surface area (Å²) < 4.78 is 1.61. The van der Waals surface area contributed by atoms with E-state index in [1.807, 2.05) is 4.90 Å². The molecule has 0 aliphatic carbocycles. The number of aryl methyl sites for hydroxylation is 1. The van der Waals surface area contributed by atoms with Crippen molar-refractivity contribution in [2.45, 2.75) is 25.3 Å². The predicted octanol–water partition coefficient (Wildman–Crippen LogP) is 1.34. The van der Waals surface area contributed by atoms with Gasteiger partial charge in [-0.05, 0) is 19.3 Å². The fourth-order valence-electron chi connectivity index (χ4n) is 2.68. The molecule has 2 N–H and O–H groups in total. The SMILES string of the molecule is Cn1cc(C(=O)N2CCCCC2c2ncc(C(N)=O)s2)cn1. The molecular weight excluding hydrogens is 302 g/mol. The molecule has 0 spiro atoms. The smallest absolute Gasteiger partial charge is 0.260 e. The van der Waals surface area contributed by atoms with Crippen LogP contribution in [0, 0.1) is 0 Å². The lowest BCUT2D eigenvalue weighted by Gasteiger charge is -2.34. The molecule has 8 heteroatoms. The van der Waals surface area contributed by atoms with Crippen molar-refractivity contribution in [3.05, 3.63) is 34.0 Å². The molecule has 2 aromatic rings. The van der Waals surface area contributed by atoms with Crippen LogP contribution in [0.1, 0.15) is 50.3 Å². The Kier molecular flexibility index (Phi) is 3.93. The lowest BCUT2D eigenvalue weighted by atomic mass is 10.0. The first-order valence-corrected chi connectivity index (χ1v) is 7.93. The first-order valence-electron chi connectivity index (χ1n) is 7.11. The normalized spacial score (nSPS) is 18.4. The highest BCUT2D eigenvalue weighted by Gasteiger charge is 2.31. The standard InChI is InChI=1S/C14H17N5O2S/c1-18-8-9(6-17-18)14(21)19-5-3-2-4-10(19)13-16-7-11(22-13)12(15)20/h6-8,10H,2-5H2,1H3,(H2,15,20). The monoisotopic (exact) mass is 319 g/mol. The Bertz CT molecular complexity index is 708. The molecule has 22 heavy (non-hydrogen) atoms. The van der Waals surface area contributed by atoms with E-state index in [4.69, 9.17) is 5.73 Å². The van der Waals surface area contributed by atoms with Crippen molar-refractivity contribution in [2.24, 2.45) is 12.8 Å². The molecule has 116 valence electrons. The van der Waals surface area contributed by atoms with Gasteiger partial charge in [-0.15, -0.1) is 11.3 Å². The molecular formula is C14H17N5O2S. The van der Waals surface area contributed by atoms with Gasteiger partial charge in [0.2, 0.25) is 0 Å². The quantitative estimate of drug-likeness (QED) is 0.923. The fraction of sp³-hybridized carbons (Fsp3) is 0.429. The molecule has 2 aromatic heterocycles.